The van der Waals surface area contributed by atoms with Gasteiger partial charge < -0.3 is 21.7 Å². The maximum atomic E-state index is 5.46. The number of nitrogens with one attached hydrogen (secondary N) is 3. The Labute approximate surface area is 197 Å². The van der Waals surface area contributed by atoms with Crippen molar-refractivity contribution in [2.45, 2.75) is 103 Å². The van der Waals surface area contributed by atoms with Crippen LogP contribution >= 0.6 is 20.3 Å². The van der Waals surface area contributed by atoms with Crippen LogP contribution in [0.1, 0.15) is 97.3 Å². The first-order valence-electron chi connectivity index (χ1n) is 11.9. The van der Waals surface area contributed by atoms with Crippen LogP contribution in [0.4, 0.5) is 0 Å². The number of rotatable bonds is 22. The second-order valence-corrected chi connectivity index (χ2v) is 9.47. The molecule has 1 atom stereocenters. The third-order valence-corrected chi connectivity index (χ3v) is 5.10. The number of halogens is 2. The summed E-state index contributed by atoms with van der Waals surface area (Å²) in [6.07, 6.45) is 18.2. The van der Waals surface area contributed by atoms with Crippen molar-refractivity contribution >= 4 is 20.3 Å². The van der Waals surface area contributed by atoms with E-state index in [9.17, 15) is 0 Å². The van der Waals surface area contributed by atoms with E-state index in [1.165, 1.54) is 83.5 Å². The molecule has 7 heteroatoms. The van der Waals surface area contributed by atoms with Crippen molar-refractivity contribution in [2.75, 3.05) is 39.3 Å². The summed E-state index contributed by atoms with van der Waals surface area (Å²) in [4.78, 5) is 0. The van der Waals surface area contributed by atoms with Crippen LogP contribution in [-0.4, -0.2) is 45.3 Å². The molecule has 0 aromatic heterocycles. The van der Waals surface area contributed by atoms with Crippen LogP contribution in [-0.2, 0) is 12.9 Å². The zero-order chi connectivity index (χ0) is 21.8. The van der Waals surface area contributed by atoms with E-state index in [-0.39, 0.29) is 0 Å². The molecule has 0 aliphatic heterocycles. The molecule has 0 radical (unpaired) electrons. The Morgan fingerprint density at radius 1 is 0.655 bits per heavy atom. The first-order valence-corrected chi connectivity index (χ1v) is 14.8. The third kappa shape index (κ3) is 31.2. The van der Waals surface area contributed by atoms with Gasteiger partial charge in [-0.15, -0.1) is 0 Å². The second-order valence-electron chi connectivity index (χ2n) is 7.75. The Hall–Kier alpha value is 0.926. The molecule has 29 heavy (non-hydrogen) atoms. The van der Waals surface area contributed by atoms with Gasteiger partial charge in [0.15, 0.2) is 0 Å². The molecule has 0 rings (SSSR count). The van der Waals surface area contributed by atoms with Gasteiger partial charge in [0.05, 0.1) is 0 Å². The standard InChI is InChI=1S/C22H50N4.2ClH.Co/c1-3-5-7-8-9-10-11-12-13-15-22(14-6-4-2)26-21-20-25-19-18-24-17-16-23;;;/h22,24-26H,3-21,23H2,1-2H3;2*1H;/q;;;+2/p-2. The van der Waals surface area contributed by atoms with Crippen molar-refractivity contribution in [2.24, 2.45) is 5.73 Å². The average molecular weight is 501 g/mol. The number of hydrogen-bond acceptors (Lipinski definition) is 4. The van der Waals surface area contributed by atoms with Gasteiger partial charge in [-0.1, -0.05) is 84.5 Å². The molecule has 0 aromatic carbocycles. The van der Waals surface area contributed by atoms with Gasteiger partial charge in [-0.05, 0) is 12.8 Å². The molecule has 4 nitrogen and oxygen atoms in total. The van der Waals surface area contributed by atoms with Crippen molar-refractivity contribution < 1.29 is 12.9 Å². The van der Waals surface area contributed by atoms with Crippen LogP contribution in [0.15, 0.2) is 0 Å². The predicted molar refractivity (Wildman–Crippen MR) is 130 cm³/mol. The molecular formula is C22H50Cl2CoN4. The molecule has 0 heterocycles. The summed E-state index contributed by atoms with van der Waals surface area (Å²) in [6, 6.07) is 0.719. The summed E-state index contributed by atoms with van der Waals surface area (Å²) in [7, 11) is 9.47. The van der Waals surface area contributed by atoms with Crippen molar-refractivity contribution in [1.29, 1.82) is 0 Å². The minimum atomic E-state index is 0.382. The zero-order valence-corrected chi connectivity index (χ0v) is 21.7. The van der Waals surface area contributed by atoms with Gasteiger partial charge in [0.25, 0.3) is 0 Å². The second kappa shape index (κ2) is 31.1. The molecule has 0 fully saturated rings. The van der Waals surface area contributed by atoms with Crippen molar-refractivity contribution in [3.05, 3.63) is 0 Å². The molecule has 181 valence electrons. The van der Waals surface area contributed by atoms with Crippen LogP contribution in [0, 0.1) is 0 Å². The molecule has 0 bridgehead atoms. The Balaban J connectivity index is 0. The Morgan fingerprint density at radius 3 is 1.66 bits per heavy atom. The SMILES string of the molecule is CCCCCCCCCCCC(CCCC)NCCNCCNCCN.[Cl][Co][Cl]. The summed E-state index contributed by atoms with van der Waals surface area (Å²) >= 11 is 0.382. The van der Waals surface area contributed by atoms with Crippen LogP contribution in [0.25, 0.3) is 0 Å². The normalized spacial score (nSPS) is 12.0. The quantitative estimate of drug-likeness (QED) is 0.147. The summed E-state index contributed by atoms with van der Waals surface area (Å²) in [5.41, 5.74) is 5.46. The molecule has 0 amide bonds. The topological polar surface area (TPSA) is 62.1 Å². The summed E-state index contributed by atoms with van der Waals surface area (Å²) in [6.45, 7) is 10.4. The van der Waals surface area contributed by atoms with Gasteiger partial charge in [0.1, 0.15) is 0 Å². The van der Waals surface area contributed by atoms with Gasteiger partial charge >= 0.3 is 33.2 Å². The molecule has 0 spiro atoms. The van der Waals surface area contributed by atoms with E-state index in [1.54, 1.807) is 0 Å². The van der Waals surface area contributed by atoms with Crippen LogP contribution in [0.3, 0.4) is 0 Å². The van der Waals surface area contributed by atoms with E-state index >= 15 is 0 Å². The predicted octanol–water partition coefficient (Wildman–Crippen LogP) is 5.57. The van der Waals surface area contributed by atoms with Crippen molar-refractivity contribution in [1.82, 2.24) is 16.0 Å². The molecule has 0 aliphatic rings. The maximum absolute atomic E-state index is 5.46. The van der Waals surface area contributed by atoms with E-state index in [2.05, 4.69) is 29.8 Å². The summed E-state index contributed by atoms with van der Waals surface area (Å²) < 4.78 is 0. The first-order chi connectivity index (χ1) is 14.3. The third-order valence-electron chi connectivity index (χ3n) is 5.10. The van der Waals surface area contributed by atoms with E-state index in [1.807, 2.05) is 0 Å². The monoisotopic (exact) mass is 499 g/mol. The van der Waals surface area contributed by atoms with E-state index in [0.29, 0.717) is 12.9 Å². The fourth-order valence-electron chi connectivity index (χ4n) is 3.39. The van der Waals surface area contributed by atoms with Crippen LogP contribution < -0.4 is 21.7 Å². The van der Waals surface area contributed by atoms with Gasteiger partial charge in [-0.3, -0.25) is 0 Å². The molecule has 1 unspecified atom stereocenters. The van der Waals surface area contributed by atoms with E-state index in [0.717, 1.165) is 45.3 Å². The fourth-order valence-corrected chi connectivity index (χ4v) is 3.39. The Morgan fingerprint density at radius 2 is 1.10 bits per heavy atom. The molecule has 0 aliphatic carbocycles. The van der Waals surface area contributed by atoms with Gasteiger partial charge in [0, 0.05) is 45.3 Å². The average Bonchev–Trinajstić information content (AvgIpc) is 2.72. The van der Waals surface area contributed by atoms with E-state index < -0.39 is 0 Å². The summed E-state index contributed by atoms with van der Waals surface area (Å²) in [5, 5.41) is 10.6. The van der Waals surface area contributed by atoms with Crippen molar-refractivity contribution in [3.63, 3.8) is 0 Å². The van der Waals surface area contributed by atoms with Crippen molar-refractivity contribution in [3.8, 4) is 0 Å². The molecule has 0 saturated heterocycles. The first kappa shape index (κ1) is 32.1. The van der Waals surface area contributed by atoms with Gasteiger partial charge in [-0.2, -0.15) is 0 Å². The summed E-state index contributed by atoms with van der Waals surface area (Å²) in [5.74, 6) is 0. The number of unbranched alkanes of at least 4 members (excludes halogenated alkanes) is 9. The van der Waals surface area contributed by atoms with Gasteiger partial charge in [-0.25, -0.2) is 0 Å². The Kier molecular flexibility index (Phi) is 34.4. The number of hydrogen-bond donors (Lipinski definition) is 4. The van der Waals surface area contributed by atoms with Crippen LogP contribution in [0.5, 0.6) is 0 Å². The molecular weight excluding hydrogens is 450 g/mol. The van der Waals surface area contributed by atoms with E-state index in [4.69, 9.17) is 26.0 Å². The Bertz CT molecular complexity index is 277. The van der Waals surface area contributed by atoms with Crippen LogP contribution in [0.2, 0.25) is 0 Å². The van der Waals surface area contributed by atoms with Gasteiger partial charge in [0.2, 0.25) is 0 Å². The minimum absolute atomic E-state index is 0.382. The zero-order valence-electron chi connectivity index (χ0n) is 19.2. The fraction of sp³-hybridized carbons (Fsp3) is 1.00. The number of nitrogens with two attached hydrogens (primary N) is 1. The molecule has 0 saturated carbocycles. The molecule has 0 aromatic rings. The molecule has 5 N–H and O–H groups in total.